The molecule has 120 valence electrons. The quantitative estimate of drug-likeness (QED) is 0.784. The van der Waals surface area contributed by atoms with Gasteiger partial charge in [0.2, 0.25) is 0 Å². The minimum absolute atomic E-state index is 0.0595. The summed E-state index contributed by atoms with van der Waals surface area (Å²) in [6.07, 6.45) is -0.699. The minimum Gasteiger partial charge on any atom is -0.367 e. The van der Waals surface area contributed by atoms with Gasteiger partial charge in [-0.2, -0.15) is 0 Å². The Kier molecular flexibility index (Phi) is 4.27. The van der Waals surface area contributed by atoms with Crippen molar-refractivity contribution >= 4 is 0 Å². The lowest BCUT2D eigenvalue weighted by Gasteiger charge is -2.25. The summed E-state index contributed by atoms with van der Waals surface area (Å²) in [7, 11) is 0. The molecule has 2 fully saturated rings. The van der Waals surface area contributed by atoms with Gasteiger partial charge in [-0.25, -0.2) is 8.78 Å². The smallest absolute Gasteiger partial charge is 0.197 e. The molecular weight excluding hydrogens is 294 g/mol. The van der Waals surface area contributed by atoms with Crippen molar-refractivity contribution in [3.8, 4) is 0 Å². The second-order valence-electron chi connectivity index (χ2n) is 5.54. The number of ether oxygens (including phenoxy) is 4. The number of hydrogen-bond acceptors (Lipinski definition) is 4. The minimum atomic E-state index is -1.33. The van der Waals surface area contributed by atoms with Crippen molar-refractivity contribution in [2.24, 2.45) is 0 Å². The van der Waals surface area contributed by atoms with E-state index in [1.165, 1.54) is 13.0 Å². The van der Waals surface area contributed by atoms with Gasteiger partial charge in [0.1, 0.15) is 30.8 Å². The normalized spacial score (nSPS) is 37.2. The molecule has 5 atom stereocenters. The topological polar surface area (TPSA) is 36.9 Å². The standard InChI is InChI=1S/C16H18F2O4/c1-3-12-13(19-8-10-6-4-5-7-11(10)18)14-15(20-12)22-16(2,9-17)21-14/h3-7,12-15H,1,8-9H2,2H3/t12-,13+,14-,15-,16?/m1/s1. The molecule has 2 saturated heterocycles. The molecule has 0 N–H and O–H groups in total. The van der Waals surface area contributed by atoms with Crippen LogP contribution < -0.4 is 0 Å². The predicted octanol–water partition coefficient (Wildman–Crippen LogP) is 2.72. The van der Waals surface area contributed by atoms with E-state index in [4.69, 9.17) is 18.9 Å². The van der Waals surface area contributed by atoms with Gasteiger partial charge in [0.25, 0.3) is 0 Å². The van der Waals surface area contributed by atoms with Gasteiger partial charge in [-0.15, -0.1) is 6.58 Å². The van der Waals surface area contributed by atoms with Gasteiger partial charge < -0.3 is 18.9 Å². The first-order valence-electron chi connectivity index (χ1n) is 7.11. The SMILES string of the molecule is C=C[C@H]1O[C@@H]2OC(C)(CF)O[C@@H]2[C@H]1OCc1ccccc1F. The molecule has 2 heterocycles. The molecule has 3 rings (SSSR count). The van der Waals surface area contributed by atoms with Gasteiger partial charge >= 0.3 is 0 Å². The second kappa shape index (κ2) is 6.04. The molecule has 0 aliphatic carbocycles. The maximum Gasteiger partial charge on any atom is 0.197 e. The number of hydrogen-bond donors (Lipinski definition) is 0. The Morgan fingerprint density at radius 1 is 1.36 bits per heavy atom. The van der Waals surface area contributed by atoms with Crippen molar-refractivity contribution < 1.29 is 27.7 Å². The first kappa shape index (κ1) is 15.6. The molecule has 0 radical (unpaired) electrons. The summed E-state index contributed by atoms with van der Waals surface area (Å²) in [5.74, 6) is -1.67. The third kappa shape index (κ3) is 2.79. The fourth-order valence-electron chi connectivity index (χ4n) is 2.67. The van der Waals surface area contributed by atoms with E-state index in [0.717, 1.165) is 0 Å². The molecule has 1 aromatic carbocycles. The van der Waals surface area contributed by atoms with Gasteiger partial charge in [0.15, 0.2) is 12.1 Å². The number of alkyl halides is 1. The van der Waals surface area contributed by atoms with Crippen LogP contribution in [0.2, 0.25) is 0 Å². The fourth-order valence-corrected chi connectivity index (χ4v) is 2.67. The van der Waals surface area contributed by atoms with E-state index in [9.17, 15) is 8.78 Å². The van der Waals surface area contributed by atoms with Crippen molar-refractivity contribution in [3.63, 3.8) is 0 Å². The van der Waals surface area contributed by atoms with Crippen LogP contribution in [0, 0.1) is 5.82 Å². The molecular formula is C16H18F2O4. The van der Waals surface area contributed by atoms with Gasteiger partial charge in [0, 0.05) is 5.56 Å². The van der Waals surface area contributed by atoms with Crippen molar-refractivity contribution in [1.29, 1.82) is 0 Å². The fraction of sp³-hybridized carbons (Fsp3) is 0.500. The highest BCUT2D eigenvalue weighted by molar-refractivity contribution is 5.16. The van der Waals surface area contributed by atoms with E-state index >= 15 is 0 Å². The van der Waals surface area contributed by atoms with E-state index in [-0.39, 0.29) is 12.4 Å². The van der Waals surface area contributed by atoms with Crippen LogP contribution in [0.25, 0.3) is 0 Å². The maximum absolute atomic E-state index is 13.7. The lowest BCUT2D eigenvalue weighted by Crippen LogP contribution is -2.37. The third-order valence-corrected chi connectivity index (χ3v) is 3.82. The first-order valence-corrected chi connectivity index (χ1v) is 7.11. The third-order valence-electron chi connectivity index (χ3n) is 3.82. The van der Waals surface area contributed by atoms with Crippen LogP contribution in [0.1, 0.15) is 12.5 Å². The number of halogens is 2. The van der Waals surface area contributed by atoms with Crippen molar-refractivity contribution in [3.05, 3.63) is 48.3 Å². The Balaban J connectivity index is 1.71. The maximum atomic E-state index is 13.7. The van der Waals surface area contributed by atoms with Crippen LogP contribution >= 0.6 is 0 Å². The Morgan fingerprint density at radius 2 is 2.14 bits per heavy atom. The molecule has 1 aromatic rings. The van der Waals surface area contributed by atoms with E-state index in [1.54, 1.807) is 24.3 Å². The number of rotatable bonds is 5. The van der Waals surface area contributed by atoms with Crippen molar-refractivity contribution in [2.75, 3.05) is 6.67 Å². The molecule has 1 unspecified atom stereocenters. The molecule has 0 aromatic heterocycles. The summed E-state index contributed by atoms with van der Waals surface area (Å²) in [6, 6.07) is 6.35. The van der Waals surface area contributed by atoms with E-state index < -0.39 is 37.1 Å². The summed E-state index contributed by atoms with van der Waals surface area (Å²) in [5, 5.41) is 0. The summed E-state index contributed by atoms with van der Waals surface area (Å²) in [6.45, 7) is 4.46. The highest BCUT2D eigenvalue weighted by atomic mass is 19.1. The second-order valence-corrected chi connectivity index (χ2v) is 5.54. The Hall–Kier alpha value is -1.34. The number of benzene rings is 1. The monoisotopic (exact) mass is 312 g/mol. The van der Waals surface area contributed by atoms with Crippen molar-refractivity contribution in [2.45, 2.75) is 43.9 Å². The molecule has 0 saturated carbocycles. The molecule has 0 spiro atoms. The molecule has 6 heteroatoms. The summed E-state index contributed by atoms with van der Waals surface area (Å²) in [5.41, 5.74) is 0.431. The molecule has 0 bridgehead atoms. The van der Waals surface area contributed by atoms with Crippen LogP contribution in [0.15, 0.2) is 36.9 Å². The Bertz CT molecular complexity index is 553. The lowest BCUT2D eigenvalue weighted by atomic mass is 10.1. The van der Waals surface area contributed by atoms with Crippen LogP contribution in [0.4, 0.5) is 8.78 Å². The van der Waals surface area contributed by atoms with Crippen LogP contribution in [0.3, 0.4) is 0 Å². The van der Waals surface area contributed by atoms with E-state index in [0.29, 0.717) is 5.56 Å². The zero-order valence-corrected chi connectivity index (χ0v) is 12.2. The zero-order chi connectivity index (χ0) is 15.7. The lowest BCUT2D eigenvalue weighted by molar-refractivity contribution is -0.228. The summed E-state index contributed by atoms with van der Waals surface area (Å²) >= 11 is 0. The summed E-state index contributed by atoms with van der Waals surface area (Å²) in [4.78, 5) is 0. The molecule has 4 nitrogen and oxygen atoms in total. The van der Waals surface area contributed by atoms with E-state index in [1.807, 2.05) is 0 Å². The Labute approximate surface area is 127 Å². The highest BCUT2D eigenvalue weighted by Crippen LogP contribution is 2.39. The van der Waals surface area contributed by atoms with Crippen LogP contribution in [-0.2, 0) is 25.6 Å². The zero-order valence-electron chi connectivity index (χ0n) is 12.2. The van der Waals surface area contributed by atoms with Gasteiger partial charge in [-0.05, 0) is 13.0 Å². The van der Waals surface area contributed by atoms with E-state index in [2.05, 4.69) is 6.58 Å². The first-order chi connectivity index (χ1) is 10.6. The molecule has 2 aliphatic heterocycles. The van der Waals surface area contributed by atoms with Crippen molar-refractivity contribution in [1.82, 2.24) is 0 Å². The predicted molar refractivity (Wildman–Crippen MR) is 74.2 cm³/mol. The summed E-state index contributed by atoms with van der Waals surface area (Å²) < 4.78 is 49.0. The van der Waals surface area contributed by atoms with Gasteiger partial charge in [-0.1, -0.05) is 24.3 Å². The average Bonchev–Trinajstić information content (AvgIpc) is 3.00. The van der Waals surface area contributed by atoms with Gasteiger partial charge in [-0.3, -0.25) is 0 Å². The molecule has 22 heavy (non-hydrogen) atoms. The molecule has 0 amide bonds. The van der Waals surface area contributed by atoms with Gasteiger partial charge in [0.05, 0.1) is 6.61 Å². The Morgan fingerprint density at radius 3 is 2.82 bits per heavy atom. The average molecular weight is 312 g/mol. The highest BCUT2D eigenvalue weighted by Gasteiger charge is 2.56. The largest absolute Gasteiger partial charge is 0.367 e. The van der Waals surface area contributed by atoms with Crippen LogP contribution in [-0.4, -0.2) is 37.1 Å². The van der Waals surface area contributed by atoms with Crippen LogP contribution in [0.5, 0.6) is 0 Å². The molecule has 2 aliphatic rings. The number of fused-ring (bicyclic) bond motifs is 1.